The van der Waals surface area contributed by atoms with Gasteiger partial charge in [-0.15, -0.1) is 0 Å². The molecule has 0 fully saturated rings. The molecule has 0 N–H and O–H groups in total. The Morgan fingerprint density at radius 1 is 1.53 bits per heavy atom. The van der Waals surface area contributed by atoms with Crippen molar-refractivity contribution in [2.24, 2.45) is 0 Å². The van der Waals surface area contributed by atoms with Crippen LogP contribution in [0.5, 0.6) is 0 Å². The summed E-state index contributed by atoms with van der Waals surface area (Å²) >= 11 is 0. The highest BCUT2D eigenvalue weighted by Crippen LogP contribution is 2.18. The zero-order valence-corrected chi connectivity index (χ0v) is 8.46. The van der Waals surface area contributed by atoms with E-state index in [0.29, 0.717) is 11.3 Å². The predicted octanol–water partition coefficient (Wildman–Crippen LogP) is 2.04. The number of halogens is 2. The van der Waals surface area contributed by atoms with Crippen molar-refractivity contribution in [3.63, 3.8) is 0 Å². The van der Waals surface area contributed by atoms with E-state index >= 15 is 0 Å². The van der Waals surface area contributed by atoms with Crippen LogP contribution in [0, 0.1) is 6.92 Å². The van der Waals surface area contributed by atoms with E-state index in [0.717, 1.165) is 0 Å². The van der Waals surface area contributed by atoms with E-state index in [-0.39, 0.29) is 12.1 Å². The molecule has 1 heterocycles. The molecule has 0 spiro atoms. The van der Waals surface area contributed by atoms with Gasteiger partial charge in [0, 0.05) is 5.69 Å². The Morgan fingerprint density at radius 2 is 2.20 bits per heavy atom. The van der Waals surface area contributed by atoms with Gasteiger partial charge in [-0.25, -0.2) is 8.78 Å². The number of esters is 1. The Morgan fingerprint density at radius 3 is 2.67 bits per heavy atom. The molecule has 0 saturated heterocycles. The first-order valence-corrected chi connectivity index (χ1v) is 4.36. The molecule has 0 saturated carbocycles. The molecule has 0 unspecified atom stereocenters. The van der Waals surface area contributed by atoms with Crippen molar-refractivity contribution in [1.82, 2.24) is 4.98 Å². The van der Waals surface area contributed by atoms with Crippen molar-refractivity contribution in [3.05, 3.63) is 29.1 Å². The number of hydrogen-bond donors (Lipinski definition) is 0. The maximum Gasteiger partial charge on any atom is 0.310 e. The number of aryl methyl sites for hydroxylation is 1. The summed E-state index contributed by atoms with van der Waals surface area (Å²) in [5.74, 6) is -0.412. The fourth-order valence-electron chi connectivity index (χ4n) is 1.15. The number of rotatable bonds is 3. The molecular formula is C10H11F2NO2. The van der Waals surface area contributed by atoms with E-state index in [1.807, 2.05) is 0 Å². The lowest BCUT2D eigenvalue weighted by molar-refractivity contribution is -0.139. The van der Waals surface area contributed by atoms with E-state index in [1.165, 1.54) is 19.2 Å². The van der Waals surface area contributed by atoms with Crippen LogP contribution in [0.15, 0.2) is 12.1 Å². The summed E-state index contributed by atoms with van der Waals surface area (Å²) in [4.78, 5) is 14.7. The number of nitrogens with zero attached hydrogens (tertiary/aromatic N) is 1. The van der Waals surface area contributed by atoms with E-state index in [2.05, 4.69) is 9.72 Å². The molecule has 0 aliphatic carbocycles. The third kappa shape index (κ3) is 2.97. The molecule has 5 heteroatoms. The summed E-state index contributed by atoms with van der Waals surface area (Å²) in [5, 5.41) is 0. The molecule has 15 heavy (non-hydrogen) atoms. The van der Waals surface area contributed by atoms with Crippen LogP contribution in [-0.2, 0) is 16.0 Å². The summed E-state index contributed by atoms with van der Waals surface area (Å²) in [5.41, 5.74) is 0.755. The maximum atomic E-state index is 12.3. The lowest BCUT2D eigenvalue weighted by atomic mass is 10.1. The normalized spacial score (nSPS) is 10.5. The first kappa shape index (κ1) is 11.6. The van der Waals surface area contributed by atoms with Gasteiger partial charge in [0.1, 0.15) is 5.69 Å². The number of carbonyl (C=O) groups is 1. The summed E-state index contributed by atoms with van der Waals surface area (Å²) < 4.78 is 29.0. The smallest absolute Gasteiger partial charge is 0.310 e. The first-order chi connectivity index (χ1) is 7.04. The van der Waals surface area contributed by atoms with Gasteiger partial charge in [-0.2, -0.15) is 0 Å². The molecule has 1 aromatic rings. The number of ether oxygens (including phenoxy) is 1. The van der Waals surface area contributed by atoms with Gasteiger partial charge < -0.3 is 4.74 Å². The van der Waals surface area contributed by atoms with Gasteiger partial charge in [0.05, 0.1) is 13.5 Å². The molecule has 0 atom stereocenters. The van der Waals surface area contributed by atoms with Gasteiger partial charge >= 0.3 is 5.97 Å². The Labute approximate surface area is 86.1 Å². The Balaban J connectivity index is 2.88. The second-order valence-corrected chi connectivity index (χ2v) is 3.03. The zero-order chi connectivity index (χ0) is 11.4. The third-order valence-electron chi connectivity index (χ3n) is 2.00. The number of aromatic nitrogens is 1. The van der Waals surface area contributed by atoms with E-state index in [9.17, 15) is 13.6 Å². The Hall–Kier alpha value is -1.52. The standard InChI is InChI=1S/C10H11F2NO2/c1-6-7(5-9(14)15-2)3-4-8(13-6)10(11)12/h3-4,10H,5H2,1-2H3. The monoisotopic (exact) mass is 215 g/mol. The Kier molecular flexibility index (Phi) is 3.71. The highest BCUT2D eigenvalue weighted by atomic mass is 19.3. The molecule has 0 aliphatic heterocycles. The van der Waals surface area contributed by atoms with Crippen molar-refractivity contribution >= 4 is 5.97 Å². The summed E-state index contributed by atoms with van der Waals surface area (Å²) in [6, 6.07) is 2.69. The lowest BCUT2D eigenvalue weighted by Crippen LogP contribution is -2.07. The molecule has 0 aromatic carbocycles. The van der Waals surface area contributed by atoms with Crippen LogP contribution in [0.4, 0.5) is 8.78 Å². The van der Waals surface area contributed by atoms with E-state index in [4.69, 9.17) is 0 Å². The minimum Gasteiger partial charge on any atom is -0.469 e. The van der Waals surface area contributed by atoms with Gasteiger partial charge in [0.2, 0.25) is 0 Å². The van der Waals surface area contributed by atoms with Gasteiger partial charge in [-0.3, -0.25) is 9.78 Å². The minimum atomic E-state index is -2.59. The average molecular weight is 215 g/mol. The molecule has 3 nitrogen and oxygen atoms in total. The van der Waals surface area contributed by atoms with Gasteiger partial charge in [-0.1, -0.05) is 6.07 Å². The molecule has 1 rings (SSSR count). The fourth-order valence-corrected chi connectivity index (χ4v) is 1.15. The largest absolute Gasteiger partial charge is 0.469 e. The highest BCUT2D eigenvalue weighted by molar-refractivity contribution is 5.72. The van der Waals surface area contributed by atoms with Crippen LogP contribution >= 0.6 is 0 Å². The van der Waals surface area contributed by atoms with Crippen molar-refractivity contribution in [1.29, 1.82) is 0 Å². The molecule has 82 valence electrons. The van der Waals surface area contributed by atoms with Crippen LogP contribution in [0.25, 0.3) is 0 Å². The van der Waals surface area contributed by atoms with Crippen molar-refractivity contribution in [2.75, 3.05) is 7.11 Å². The molecular weight excluding hydrogens is 204 g/mol. The molecule has 0 aliphatic rings. The molecule has 0 amide bonds. The molecule has 1 aromatic heterocycles. The van der Waals surface area contributed by atoms with Crippen LogP contribution in [0.1, 0.15) is 23.4 Å². The average Bonchev–Trinajstić information content (AvgIpc) is 2.20. The molecule has 0 bridgehead atoms. The van der Waals surface area contributed by atoms with Crippen LogP contribution < -0.4 is 0 Å². The number of hydrogen-bond acceptors (Lipinski definition) is 3. The number of alkyl halides is 2. The molecule has 0 radical (unpaired) electrons. The van der Waals surface area contributed by atoms with Gasteiger partial charge in [0.25, 0.3) is 6.43 Å². The van der Waals surface area contributed by atoms with Crippen LogP contribution in [-0.4, -0.2) is 18.1 Å². The van der Waals surface area contributed by atoms with Crippen LogP contribution in [0.3, 0.4) is 0 Å². The zero-order valence-electron chi connectivity index (χ0n) is 8.46. The second kappa shape index (κ2) is 4.82. The Bertz CT molecular complexity index is 366. The maximum absolute atomic E-state index is 12.3. The second-order valence-electron chi connectivity index (χ2n) is 3.03. The fraction of sp³-hybridized carbons (Fsp3) is 0.400. The number of pyridine rings is 1. The number of carbonyl (C=O) groups excluding carboxylic acids is 1. The van der Waals surface area contributed by atoms with Gasteiger partial charge in [0.15, 0.2) is 0 Å². The van der Waals surface area contributed by atoms with E-state index < -0.39 is 12.4 Å². The van der Waals surface area contributed by atoms with E-state index in [1.54, 1.807) is 6.92 Å². The summed E-state index contributed by atoms with van der Waals surface area (Å²) in [7, 11) is 1.28. The SMILES string of the molecule is COC(=O)Cc1ccc(C(F)F)nc1C. The van der Waals surface area contributed by atoms with Crippen molar-refractivity contribution in [2.45, 2.75) is 19.8 Å². The summed E-state index contributed by atoms with van der Waals surface area (Å²) in [6.07, 6.45) is -2.53. The van der Waals surface area contributed by atoms with Crippen molar-refractivity contribution in [3.8, 4) is 0 Å². The van der Waals surface area contributed by atoms with Gasteiger partial charge in [-0.05, 0) is 18.6 Å². The predicted molar refractivity (Wildman–Crippen MR) is 49.7 cm³/mol. The number of methoxy groups -OCH3 is 1. The quantitative estimate of drug-likeness (QED) is 0.724. The highest BCUT2D eigenvalue weighted by Gasteiger charge is 2.12. The lowest BCUT2D eigenvalue weighted by Gasteiger charge is -2.06. The summed E-state index contributed by atoms with van der Waals surface area (Å²) in [6.45, 7) is 1.59. The topological polar surface area (TPSA) is 39.2 Å². The van der Waals surface area contributed by atoms with Crippen molar-refractivity contribution < 1.29 is 18.3 Å². The third-order valence-corrected chi connectivity index (χ3v) is 2.00. The first-order valence-electron chi connectivity index (χ1n) is 4.36. The van der Waals surface area contributed by atoms with Crippen LogP contribution in [0.2, 0.25) is 0 Å². The minimum absolute atomic E-state index is 0.0544.